The SMILES string of the molecule is CCCCCC1CCC(c2ccc(-c3ccc(OCCCCCCOc4cccc5c4c(-c4ccc(NC(=O)c6ccc(-c7ccc(C8CCC(CCCCC)CC8)cc7)cc6)cc4C)cc4c6c(c7c(c45)OC(c4ccc(OC)cc4)(c4ccc(OCCCC)cc4)C=C7)C(C)(C)c4cc(C)ccc4-6)cc3)cc2)CC1. The maximum Gasteiger partial charge on any atom is 0.255 e. The summed E-state index contributed by atoms with van der Waals surface area (Å²) >= 11 is 0. The van der Waals surface area contributed by atoms with E-state index < -0.39 is 11.0 Å². The molecule has 1 atom stereocenters. The number of aryl methyl sites for hydroxylation is 2. The van der Waals surface area contributed by atoms with Crippen LogP contribution in [0.15, 0.2) is 212 Å². The van der Waals surface area contributed by atoms with Gasteiger partial charge in [0.15, 0.2) is 5.60 Å². The summed E-state index contributed by atoms with van der Waals surface area (Å²) in [6.45, 7) is 17.8. The van der Waals surface area contributed by atoms with E-state index in [4.69, 9.17) is 23.7 Å². The van der Waals surface area contributed by atoms with Gasteiger partial charge in [-0.15, -0.1) is 0 Å². The first-order chi connectivity index (χ1) is 54.3. The third-order valence-corrected chi connectivity index (χ3v) is 25.3. The molecule has 7 heteroatoms. The summed E-state index contributed by atoms with van der Waals surface area (Å²) < 4.78 is 33.7. The molecule has 7 nitrogen and oxygen atoms in total. The minimum Gasteiger partial charge on any atom is -0.497 e. The molecule has 111 heavy (non-hydrogen) atoms. The lowest BCUT2D eigenvalue weighted by atomic mass is 9.76. The Morgan fingerprint density at radius 1 is 0.477 bits per heavy atom. The molecular weight excluding hydrogens is 1360 g/mol. The van der Waals surface area contributed by atoms with Crippen LogP contribution in [0.1, 0.15) is 248 Å². The fourth-order valence-corrected chi connectivity index (χ4v) is 18.9. The summed E-state index contributed by atoms with van der Waals surface area (Å²) in [6, 6.07) is 74.5. The zero-order chi connectivity index (χ0) is 76.4. The van der Waals surface area contributed by atoms with Crippen LogP contribution < -0.4 is 29.0 Å². The first-order valence-corrected chi connectivity index (χ1v) is 42.4. The van der Waals surface area contributed by atoms with Crippen LogP contribution in [-0.4, -0.2) is 32.8 Å². The summed E-state index contributed by atoms with van der Waals surface area (Å²) in [6.07, 6.45) is 32.1. The van der Waals surface area contributed by atoms with Gasteiger partial charge in [-0.25, -0.2) is 0 Å². The molecule has 1 heterocycles. The van der Waals surface area contributed by atoms with E-state index in [9.17, 15) is 4.79 Å². The van der Waals surface area contributed by atoms with Gasteiger partial charge in [-0.1, -0.05) is 238 Å². The van der Waals surface area contributed by atoms with Crippen molar-refractivity contribution in [1.29, 1.82) is 0 Å². The first kappa shape index (κ1) is 76.5. The molecule has 0 bridgehead atoms. The Kier molecular flexibility index (Phi) is 24.0. The summed E-state index contributed by atoms with van der Waals surface area (Å²) in [4.78, 5) is 14.3. The number of fused-ring (bicyclic) bond motifs is 10. The standard InChI is InChI=1S/C104H115NO6/c1-9-12-17-22-72-27-31-74(32-28-72)76-35-39-78(40-36-76)80-43-45-82(46-44-80)102(106)105-85-53-61-89(71(5)68-85)93-69-94-98-90-60-26-70(4)67-95(90)103(6,7)100(98)92-62-63-104(83-49-56-86(107-8)57-50-83,84-51-58-88(59-52-84)108-64-14-11-3)111-101(92)99(94)91-24-21-25-96(97(91)93)110-66-20-16-15-19-65-109-87-54-47-81(48-55-87)79-41-37-77(38-42-79)75-33-29-73(30-34-75)23-18-13-10-2/h21,24-26,35-63,67-69,72-75H,9-20,22-23,27-34,64-66H2,1-8H3,(H,105,106). The van der Waals surface area contributed by atoms with Crippen LogP contribution in [0, 0.1) is 25.7 Å². The quantitative estimate of drug-likeness (QED) is 0.0345. The van der Waals surface area contributed by atoms with Crippen molar-refractivity contribution in [2.75, 3.05) is 32.2 Å². The highest BCUT2D eigenvalue weighted by molar-refractivity contribution is 6.23. The molecule has 3 aliphatic carbocycles. The fourth-order valence-electron chi connectivity index (χ4n) is 18.9. The van der Waals surface area contributed by atoms with E-state index in [0.29, 0.717) is 37.2 Å². The highest BCUT2D eigenvalue weighted by Gasteiger charge is 2.45. The molecule has 1 aliphatic heterocycles. The van der Waals surface area contributed by atoms with E-state index in [1.165, 1.54) is 158 Å². The van der Waals surface area contributed by atoms with Crippen molar-refractivity contribution in [2.45, 2.75) is 213 Å². The average Bonchev–Trinajstić information content (AvgIpc) is 1.58. The third kappa shape index (κ3) is 16.6. The van der Waals surface area contributed by atoms with Crippen molar-refractivity contribution < 1.29 is 28.5 Å². The molecule has 572 valence electrons. The van der Waals surface area contributed by atoms with Gasteiger partial charge in [-0.3, -0.25) is 4.79 Å². The Labute approximate surface area is 661 Å². The van der Waals surface area contributed by atoms with Crippen LogP contribution in [0.25, 0.3) is 72.1 Å². The van der Waals surface area contributed by atoms with Crippen molar-refractivity contribution in [3.05, 3.63) is 268 Å². The third-order valence-electron chi connectivity index (χ3n) is 25.3. The lowest BCUT2D eigenvalue weighted by molar-refractivity contribution is 0.102. The van der Waals surface area contributed by atoms with Crippen molar-refractivity contribution in [3.63, 3.8) is 0 Å². The van der Waals surface area contributed by atoms with Crippen molar-refractivity contribution >= 4 is 39.2 Å². The van der Waals surface area contributed by atoms with Crippen LogP contribution in [-0.2, 0) is 11.0 Å². The van der Waals surface area contributed by atoms with Gasteiger partial charge in [0, 0.05) is 44.1 Å². The number of nitrogens with one attached hydrogen (secondary N) is 1. The molecular formula is C104H115NO6. The predicted molar refractivity (Wildman–Crippen MR) is 463 cm³/mol. The first-order valence-electron chi connectivity index (χ1n) is 42.4. The topological polar surface area (TPSA) is 75.3 Å². The van der Waals surface area contributed by atoms with E-state index >= 15 is 0 Å². The highest BCUT2D eigenvalue weighted by atomic mass is 16.5. The molecule has 11 aromatic rings. The highest BCUT2D eigenvalue weighted by Crippen LogP contribution is 2.61. The normalized spacial score (nSPS) is 18.2. The molecule has 2 fully saturated rings. The Balaban J connectivity index is 0.714. The summed E-state index contributed by atoms with van der Waals surface area (Å²) in [7, 11) is 1.71. The maximum absolute atomic E-state index is 14.3. The zero-order valence-corrected chi connectivity index (χ0v) is 67.2. The van der Waals surface area contributed by atoms with E-state index in [1.54, 1.807) is 7.11 Å². The van der Waals surface area contributed by atoms with Gasteiger partial charge in [0.2, 0.25) is 0 Å². The molecule has 15 rings (SSSR count). The van der Waals surface area contributed by atoms with E-state index in [-0.39, 0.29) is 5.91 Å². The van der Waals surface area contributed by atoms with Crippen molar-refractivity contribution in [2.24, 2.45) is 11.8 Å². The van der Waals surface area contributed by atoms with Gasteiger partial charge in [-0.2, -0.15) is 0 Å². The summed E-state index contributed by atoms with van der Waals surface area (Å²) in [5.41, 5.74) is 19.9. The molecule has 1 N–H and O–H groups in total. The Bertz CT molecular complexity index is 5030. The second kappa shape index (κ2) is 34.8. The van der Waals surface area contributed by atoms with Gasteiger partial charge in [0.05, 0.1) is 26.9 Å². The Morgan fingerprint density at radius 2 is 1.00 bits per heavy atom. The van der Waals surface area contributed by atoms with Crippen LogP contribution in [0.2, 0.25) is 0 Å². The van der Waals surface area contributed by atoms with Gasteiger partial charge < -0.3 is 29.0 Å². The minimum absolute atomic E-state index is 0.150. The number of amides is 1. The van der Waals surface area contributed by atoms with Gasteiger partial charge in [0.1, 0.15) is 28.7 Å². The number of carbonyl (C=O) groups is 1. The molecule has 11 aromatic carbocycles. The number of anilines is 1. The lowest BCUT2D eigenvalue weighted by Crippen LogP contribution is -2.35. The smallest absolute Gasteiger partial charge is 0.255 e. The number of hydrogen-bond donors (Lipinski definition) is 1. The molecule has 0 spiro atoms. The Morgan fingerprint density at radius 3 is 1.56 bits per heavy atom. The number of hydrogen-bond acceptors (Lipinski definition) is 6. The summed E-state index contributed by atoms with van der Waals surface area (Å²) in [5, 5.41) is 7.47. The number of carbonyl (C=O) groups excluding carboxylic acids is 1. The van der Waals surface area contributed by atoms with Crippen LogP contribution in [0.5, 0.6) is 28.7 Å². The van der Waals surface area contributed by atoms with Crippen LogP contribution >= 0.6 is 0 Å². The van der Waals surface area contributed by atoms with Gasteiger partial charge in [-0.05, 0) is 283 Å². The zero-order valence-electron chi connectivity index (χ0n) is 67.2. The molecule has 4 aliphatic rings. The minimum atomic E-state index is -1.06. The predicted octanol–water partition coefficient (Wildman–Crippen LogP) is 28.4. The number of benzene rings is 11. The molecule has 0 radical (unpaired) electrons. The number of methoxy groups -OCH3 is 1. The van der Waals surface area contributed by atoms with Crippen LogP contribution in [0.4, 0.5) is 5.69 Å². The monoisotopic (exact) mass is 1470 g/mol. The second-order valence-corrected chi connectivity index (χ2v) is 33.2. The molecule has 0 aromatic heterocycles. The van der Waals surface area contributed by atoms with Gasteiger partial charge >= 0.3 is 0 Å². The second-order valence-electron chi connectivity index (χ2n) is 33.2. The van der Waals surface area contributed by atoms with E-state index in [2.05, 4.69) is 248 Å². The van der Waals surface area contributed by atoms with E-state index in [0.717, 1.165) is 145 Å². The van der Waals surface area contributed by atoms with Crippen molar-refractivity contribution in [1.82, 2.24) is 0 Å². The molecule has 1 amide bonds. The number of rotatable bonds is 31. The maximum atomic E-state index is 14.3. The van der Waals surface area contributed by atoms with Crippen LogP contribution in [0.3, 0.4) is 0 Å². The number of ether oxygens (including phenoxy) is 5. The molecule has 0 saturated heterocycles. The van der Waals surface area contributed by atoms with Gasteiger partial charge in [0.25, 0.3) is 5.91 Å². The average molecular weight is 1480 g/mol. The molecule has 2 saturated carbocycles. The molecule has 1 unspecified atom stereocenters. The summed E-state index contributed by atoms with van der Waals surface area (Å²) in [5.74, 6) is 7.15. The number of unbranched alkanes of at least 4 members (excludes halogenated alkanes) is 8. The van der Waals surface area contributed by atoms with E-state index in [1.807, 2.05) is 24.3 Å². The fraction of sp³-hybridized carbons (Fsp3) is 0.375. The lowest BCUT2D eigenvalue weighted by Gasteiger charge is -2.39. The Hall–Kier alpha value is -9.85. The van der Waals surface area contributed by atoms with Crippen molar-refractivity contribution in [3.8, 4) is 73.3 Å². The largest absolute Gasteiger partial charge is 0.497 e.